The zero-order valence-corrected chi connectivity index (χ0v) is 4.07. The highest BCUT2D eigenvalue weighted by atomic mass is 35.5. The molecule has 0 unspecified atom stereocenters. The average molecular weight is 121 g/mol. The van der Waals surface area contributed by atoms with Crippen LogP contribution < -0.4 is 0 Å². The molecule has 0 aliphatic rings. The molecule has 0 saturated heterocycles. The van der Waals surface area contributed by atoms with Crippen molar-refractivity contribution in [1.82, 2.24) is 0 Å². The molecule has 1 heterocycles. The Morgan fingerprint density at radius 1 is 1.57 bits per heavy atom. The van der Waals surface area contributed by atoms with Gasteiger partial charge in [0.2, 0.25) is 0 Å². The van der Waals surface area contributed by atoms with Crippen molar-refractivity contribution in [2.45, 2.75) is 0 Å². The third kappa shape index (κ3) is 0.747. The lowest BCUT2D eigenvalue weighted by molar-refractivity contribution is 0.532. The summed E-state index contributed by atoms with van der Waals surface area (Å²) in [5.41, 5.74) is 0. The summed E-state index contributed by atoms with van der Waals surface area (Å²) < 4.78 is 16.2. The van der Waals surface area contributed by atoms with E-state index >= 15 is 0 Å². The number of hydrogen-bond acceptors (Lipinski definition) is 1. The van der Waals surface area contributed by atoms with Gasteiger partial charge in [-0.25, -0.2) is 4.39 Å². The van der Waals surface area contributed by atoms with Crippen LogP contribution in [0.5, 0.6) is 0 Å². The van der Waals surface area contributed by atoms with Crippen molar-refractivity contribution in [2.24, 2.45) is 0 Å². The van der Waals surface area contributed by atoms with Crippen LogP contribution in [-0.2, 0) is 0 Å². The standard InChI is InChI=1S/C4H2ClFO/c5-3-1-7-2-4(3)6/h1-2H. The maximum absolute atomic E-state index is 11.9. The average Bonchev–Trinajstić information content (AvgIpc) is 1.91. The largest absolute Gasteiger partial charge is 0.468 e. The quantitative estimate of drug-likeness (QED) is 0.511. The fourth-order valence-corrected chi connectivity index (χ4v) is 0.362. The van der Waals surface area contributed by atoms with E-state index in [0.717, 1.165) is 12.5 Å². The summed E-state index contributed by atoms with van der Waals surface area (Å²) in [6.45, 7) is 0. The van der Waals surface area contributed by atoms with Crippen molar-refractivity contribution >= 4 is 11.6 Å². The lowest BCUT2D eigenvalue weighted by atomic mass is 10.6. The molecule has 38 valence electrons. The molecule has 0 N–H and O–H groups in total. The van der Waals surface area contributed by atoms with E-state index in [9.17, 15) is 4.39 Å². The molecule has 3 heteroatoms. The monoisotopic (exact) mass is 120 g/mol. The molecule has 7 heavy (non-hydrogen) atoms. The Bertz CT molecular complexity index is 144. The molecule has 1 rings (SSSR count). The van der Waals surface area contributed by atoms with E-state index in [-0.39, 0.29) is 5.02 Å². The van der Waals surface area contributed by atoms with E-state index in [2.05, 4.69) is 4.42 Å². The van der Waals surface area contributed by atoms with Crippen LogP contribution in [0.2, 0.25) is 5.02 Å². The fourth-order valence-electron chi connectivity index (χ4n) is 0.266. The molecule has 1 aromatic heterocycles. The van der Waals surface area contributed by atoms with Gasteiger partial charge in [0, 0.05) is 0 Å². The molecule has 0 bridgehead atoms. The van der Waals surface area contributed by atoms with Gasteiger partial charge in [0.05, 0.1) is 0 Å². The van der Waals surface area contributed by atoms with Crippen LogP contribution in [0.25, 0.3) is 0 Å². The minimum Gasteiger partial charge on any atom is -0.468 e. The first kappa shape index (κ1) is 4.65. The highest BCUT2D eigenvalue weighted by Crippen LogP contribution is 2.12. The molecule has 0 atom stereocenters. The summed E-state index contributed by atoms with van der Waals surface area (Å²) in [7, 11) is 0. The Kier molecular flexibility index (Phi) is 1.02. The van der Waals surface area contributed by atoms with Gasteiger partial charge in [-0.05, 0) is 0 Å². The SMILES string of the molecule is Fc1cocc1Cl. The second kappa shape index (κ2) is 1.54. The molecule has 0 fully saturated rings. The lowest BCUT2D eigenvalue weighted by Gasteiger charge is -1.69. The number of rotatable bonds is 0. The van der Waals surface area contributed by atoms with Gasteiger partial charge < -0.3 is 4.42 Å². The van der Waals surface area contributed by atoms with Crippen molar-refractivity contribution in [3.8, 4) is 0 Å². The van der Waals surface area contributed by atoms with Gasteiger partial charge in [0.1, 0.15) is 17.5 Å². The predicted octanol–water partition coefficient (Wildman–Crippen LogP) is 2.07. The second-order valence-electron chi connectivity index (χ2n) is 1.07. The molecule has 0 saturated carbocycles. The Morgan fingerprint density at radius 2 is 2.29 bits per heavy atom. The minimum atomic E-state index is -0.512. The van der Waals surface area contributed by atoms with Crippen LogP contribution in [0.3, 0.4) is 0 Å². The van der Waals surface area contributed by atoms with Crippen molar-refractivity contribution in [2.75, 3.05) is 0 Å². The van der Waals surface area contributed by atoms with Crippen molar-refractivity contribution in [1.29, 1.82) is 0 Å². The van der Waals surface area contributed by atoms with Gasteiger partial charge >= 0.3 is 0 Å². The zero-order chi connectivity index (χ0) is 5.28. The molecule has 0 amide bonds. The number of halogens is 2. The van der Waals surface area contributed by atoms with E-state index < -0.39 is 5.82 Å². The Morgan fingerprint density at radius 3 is 2.43 bits per heavy atom. The molecular weight excluding hydrogens is 118 g/mol. The fraction of sp³-hybridized carbons (Fsp3) is 0. The van der Waals surface area contributed by atoms with Gasteiger partial charge in [-0.1, -0.05) is 11.6 Å². The third-order valence-corrected chi connectivity index (χ3v) is 0.841. The highest BCUT2D eigenvalue weighted by molar-refractivity contribution is 6.30. The van der Waals surface area contributed by atoms with Crippen LogP contribution in [0.15, 0.2) is 16.9 Å². The van der Waals surface area contributed by atoms with E-state index in [1.165, 1.54) is 0 Å². The van der Waals surface area contributed by atoms with Crippen LogP contribution in [-0.4, -0.2) is 0 Å². The predicted molar refractivity (Wildman–Crippen MR) is 23.7 cm³/mol. The van der Waals surface area contributed by atoms with E-state index in [1.54, 1.807) is 0 Å². The molecular formula is C4H2ClFO. The van der Waals surface area contributed by atoms with Crippen LogP contribution in [0.1, 0.15) is 0 Å². The molecule has 0 radical (unpaired) electrons. The zero-order valence-electron chi connectivity index (χ0n) is 3.32. The van der Waals surface area contributed by atoms with Gasteiger partial charge in [-0.15, -0.1) is 0 Å². The van der Waals surface area contributed by atoms with E-state index in [1.807, 2.05) is 0 Å². The minimum absolute atomic E-state index is 0.0278. The first-order valence-corrected chi connectivity index (χ1v) is 2.05. The van der Waals surface area contributed by atoms with Crippen molar-refractivity contribution in [3.05, 3.63) is 23.4 Å². The lowest BCUT2D eigenvalue weighted by Crippen LogP contribution is -1.57. The molecule has 0 aromatic carbocycles. The van der Waals surface area contributed by atoms with E-state index in [0.29, 0.717) is 0 Å². The normalized spacial score (nSPS) is 9.43. The summed E-state index contributed by atoms with van der Waals surface area (Å²) in [6.07, 6.45) is 2.08. The number of hydrogen-bond donors (Lipinski definition) is 0. The van der Waals surface area contributed by atoms with E-state index in [4.69, 9.17) is 11.6 Å². The smallest absolute Gasteiger partial charge is 0.179 e. The van der Waals surface area contributed by atoms with Crippen LogP contribution >= 0.6 is 11.6 Å². The number of furan rings is 1. The summed E-state index contributed by atoms with van der Waals surface area (Å²) in [5, 5.41) is 0.0278. The van der Waals surface area contributed by atoms with Gasteiger partial charge in [0.15, 0.2) is 5.82 Å². The van der Waals surface area contributed by atoms with Crippen molar-refractivity contribution < 1.29 is 8.81 Å². The third-order valence-electron chi connectivity index (χ3n) is 0.571. The Labute approximate surface area is 44.7 Å². The maximum Gasteiger partial charge on any atom is 0.179 e. The van der Waals surface area contributed by atoms with Crippen LogP contribution in [0.4, 0.5) is 4.39 Å². The highest BCUT2D eigenvalue weighted by Gasteiger charge is 1.96. The maximum atomic E-state index is 11.9. The Hall–Kier alpha value is -0.500. The topological polar surface area (TPSA) is 13.1 Å². The first-order chi connectivity index (χ1) is 3.30. The summed E-state index contributed by atoms with van der Waals surface area (Å²) >= 11 is 5.16. The summed E-state index contributed by atoms with van der Waals surface area (Å²) in [6, 6.07) is 0. The first-order valence-electron chi connectivity index (χ1n) is 1.68. The van der Waals surface area contributed by atoms with Gasteiger partial charge in [-0.3, -0.25) is 0 Å². The second-order valence-corrected chi connectivity index (χ2v) is 1.47. The van der Waals surface area contributed by atoms with Crippen LogP contribution in [0, 0.1) is 5.82 Å². The molecule has 0 aliphatic carbocycles. The Balaban J connectivity index is 3.12. The summed E-state index contributed by atoms with van der Waals surface area (Å²) in [5.74, 6) is -0.512. The molecule has 1 nitrogen and oxygen atoms in total. The molecule has 0 spiro atoms. The molecule has 1 aromatic rings. The van der Waals surface area contributed by atoms with Crippen molar-refractivity contribution in [3.63, 3.8) is 0 Å². The summed E-state index contributed by atoms with van der Waals surface area (Å²) in [4.78, 5) is 0. The molecule has 0 aliphatic heterocycles. The van der Waals surface area contributed by atoms with Gasteiger partial charge in [-0.2, -0.15) is 0 Å². The van der Waals surface area contributed by atoms with Gasteiger partial charge in [0.25, 0.3) is 0 Å².